The van der Waals surface area contributed by atoms with Crippen LogP contribution in [0.4, 0.5) is 4.39 Å². The van der Waals surface area contributed by atoms with Gasteiger partial charge in [-0.05, 0) is 36.6 Å². The summed E-state index contributed by atoms with van der Waals surface area (Å²) in [6.07, 6.45) is 3.74. The lowest BCUT2D eigenvalue weighted by molar-refractivity contribution is -0.122. The molecule has 1 aromatic heterocycles. The van der Waals surface area contributed by atoms with Gasteiger partial charge in [0, 0.05) is 5.39 Å². The number of halogens is 1. The minimum Gasteiger partial charge on any atom is -0.346 e. The van der Waals surface area contributed by atoms with Crippen LogP contribution < -0.4 is 10.9 Å². The van der Waals surface area contributed by atoms with Crippen molar-refractivity contribution in [3.63, 3.8) is 0 Å². The van der Waals surface area contributed by atoms with E-state index < -0.39 is 5.54 Å². The second kappa shape index (κ2) is 6.95. The van der Waals surface area contributed by atoms with Crippen LogP contribution >= 0.6 is 0 Å². The minimum atomic E-state index is -0.469. The molecule has 0 bridgehead atoms. The van der Waals surface area contributed by atoms with Gasteiger partial charge in [-0.2, -0.15) is 5.10 Å². The molecule has 138 valence electrons. The highest BCUT2D eigenvalue weighted by Gasteiger charge is 2.37. The Balaban J connectivity index is 1.61. The van der Waals surface area contributed by atoms with Gasteiger partial charge in [-0.15, -0.1) is 0 Å². The second-order valence-corrected chi connectivity index (χ2v) is 7.07. The molecule has 5 nitrogen and oxygen atoms in total. The first-order valence-corrected chi connectivity index (χ1v) is 9.11. The summed E-state index contributed by atoms with van der Waals surface area (Å²) in [5.74, 6) is -0.451. The monoisotopic (exact) mass is 365 g/mol. The first-order valence-electron chi connectivity index (χ1n) is 9.11. The number of amides is 1. The number of benzene rings is 2. The van der Waals surface area contributed by atoms with Crippen LogP contribution in [0.5, 0.6) is 0 Å². The molecule has 1 fully saturated rings. The third-order valence-electron chi connectivity index (χ3n) is 5.34. The predicted molar refractivity (Wildman–Crippen MR) is 101 cm³/mol. The molecule has 1 aliphatic carbocycles. The largest absolute Gasteiger partial charge is 0.346 e. The van der Waals surface area contributed by atoms with Gasteiger partial charge in [-0.25, -0.2) is 9.49 Å². The van der Waals surface area contributed by atoms with Crippen LogP contribution in [0.1, 0.15) is 36.9 Å². The maximum Gasteiger partial charge on any atom is 0.272 e. The number of nitrogens with one attached hydrogen (secondary N) is 2. The van der Waals surface area contributed by atoms with E-state index in [1.54, 1.807) is 30.3 Å². The molecule has 1 saturated carbocycles. The number of nitrogens with zero attached hydrogens (tertiary/aromatic N) is 1. The number of hydrogen-bond acceptors (Lipinski definition) is 3. The van der Waals surface area contributed by atoms with Crippen molar-refractivity contribution < 1.29 is 9.18 Å². The molecular weight excluding hydrogens is 345 g/mol. The Bertz CT molecular complexity index is 1040. The van der Waals surface area contributed by atoms with Crippen LogP contribution in [-0.2, 0) is 16.8 Å². The Kier molecular flexibility index (Phi) is 4.48. The summed E-state index contributed by atoms with van der Waals surface area (Å²) in [6.45, 7) is 0. The van der Waals surface area contributed by atoms with Gasteiger partial charge >= 0.3 is 0 Å². The fourth-order valence-corrected chi connectivity index (χ4v) is 4.00. The highest BCUT2D eigenvalue weighted by molar-refractivity contribution is 5.88. The van der Waals surface area contributed by atoms with Gasteiger partial charge in [0.2, 0.25) is 5.91 Å². The first kappa shape index (κ1) is 17.4. The first-order chi connectivity index (χ1) is 13.1. The molecule has 6 heteroatoms. The number of aromatic amines is 1. The number of rotatable bonds is 4. The normalized spacial score (nSPS) is 15.7. The number of H-pyrrole nitrogens is 1. The van der Waals surface area contributed by atoms with Gasteiger partial charge in [-0.3, -0.25) is 9.59 Å². The second-order valence-electron chi connectivity index (χ2n) is 7.07. The van der Waals surface area contributed by atoms with Gasteiger partial charge in [0.05, 0.1) is 23.0 Å². The molecular formula is C21H20FN3O2. The van der Waals surface area contributed by atoms with Gasteiger partial charge in [0.15, 0.2) is 0 Å². The maximum absolute atomic E-state index is 13.3. The summed E-state index contributed by atoms with van der Waals surface area (Å²) in [4.78, 5) is 24.7. The van der Waals surface area contributed by atoms with E-state index in [2.05, 4.69) is 15.5 Å². The van der Waals surface area contributed by atoms with Crippen LogP contribution in [0.2, 0.25) is 0 Å². The minimum absolute atomic E-state index is 0.0697. The lowest BCUT2D eigenvalue weighted by Crippen LogP contribution is -2.44. The highest BCUT2D eigenvalue weighted by atomic mass is 19.1. The van der Waals surface area contributed by atoms with Crippen molar-refractivity contribution in [1.29, 1.82) is 0 Å². The number of carbonyl (C=O) groups is 1. The van der Waals surface area contributed by atoms with Crippen molar-refractivity contribution in [1.82, 2.24) is 15.5 Å². The SMILES string of the molecule is O=C(Cc1n[nH]c(=O)c2ccccc12)NC1(c2ccc(F)cc2)CCCC1. The average Bonchev–Trinajstić information content (AvgIpc) is 3.14. The fourth-order valence-electron chi connectivity index (χ4n) is 4.00. The molecule has 0 saturated heterocycles. The van der Waals surface area contributed by atoms with Crippen molar-refractivity contribution in [2.75, 3.05) is 0 Å². The van der Waals surface area contributed by atoms with Crippen molar-refractivity contribution in [3.05, 3.63) is 76.0 Å². The number of aromatic nitrogens is 2. The molecule has 1 heterocycles. The number of carbonyl (C=O) groups excluding carboxylic acids is 1. The third kappa shape index (κ3) is 3.35. The zero-order valence-corrected chi connectivity index (χ0v) is 14.8. The van der Waals surface area contributed by atoms with Crippen molar-refractivity contribution in [2.24, 2.45) is 0 Å². The molecule has 1 amide bonds. The summed E-state index contributed by atoms with van der Waals surface area (Å²) in [5.41, 5.74) is 0.722. The quantitative estimate of drug-likeness (QED) is 0.746. The topological polar surface area (TPSA) is 74.8 Å². The van der Waals surface area contributed by atoms with Crippen LogP contribution in [0.15, 0.2) is 53.3 Å². The molecule has 0 spiro atoms. The van der Waals surface area contributed by atoms with E-state index in [4.69, 9.17) is 0 Å². The van der Waals surface area contributed by atoms with Gasteiger partial charge < -0.3 is 5.32 Å². The third-order valence-corrected chi connectivity index (χ3v) is 5.34. The Morgan fingerprint density at radius 2 is 1.74 bits per heavy atom. The van der Waals surface area contributed by atoms with Crippen LogP contribution in [0, 0.1) is 5.82 Å². The van der Waals surface area contributed by atoms with Gasteiger partial charge in [0.25, 0.3) is 5.56 Å². The molecule has 0 aliphatic heterocycles. The molecule has 0 unspecified atom stereocenters. The maximum atomic E-state index is 13.3. The Morgan fingerprint density at radius 3 is 2.44 bits per heavy atom. The molecule has 27 heavy (non-hydrogen) atoms. The van der Waals surface area contributed by atoms with Crippen LogP contribution in [-0.4, -0.2) is 16.1 Å². The molecule has 4 rings (SSSR count). The summed E-state index contributed by atoms with van der Waals surface area (Å²) >= 11 is 0. The Labute approximate surface area is 155 Å². The van der Waals surface area contributed by atoms with E-state index in [-0.39, 0.29) is 23.7 Å². The molecule has 0 atom stereocenters. The molecule has 3 aromatic rings. The molecule has 2 N–H and O–H groups in total. The average molecular weight is 365 g/mol. The number of hydrogen-bond donors (Lipinski definition) is 2. The summed E-state index contributed by atoms with van der Waals surface area (Å²) < 4.78 is 13.3. The van der Waals surface area contributed by atoms with E-state index in [1.807, 2.05) is 6.07 Å². The van der Waals surface area contributed by atoms with Crippen molar-refractivity contribution in [2.45, 2.75) is 37.6 Å². The van der Waals surface area contributed by atoms with Crippen LogP contribution in [0.25, 0.3) is 10.8 Å². The molecule has 0 radical (unpaired) electrons. The van der Waals surface area contributed by atoms with Gasteiger partial charge in [-0.1, -0.05) is 43.2 Å². The van der Waals surface area contributed by atoms with E-state index in [0.29, 0.717) is 16.5 Å². The van der Waals surface area contributed by atoms with E-state index in [1.165, 1.54) is 12.1 Å². The zero-order chi connectivity index (χ0) is 18.9. The fraction of sp³-hybridized carbons (Fsp3) is 0.286. The lowest BCUT2D eigenvalue weighted by atomic mass is 9.88. The summed E-state index contributed by atoms with van der Waals surface area (Å²) in [5, 5.41) is 10.9. The summed E-state index contributed by atoms with van der Waals surface area (Å²) in [7, 11) is 0. The standard InChI is InChI=1S/C21H20FN3O2/c22-15-9-7-14(8-10-15)21(11-3-4-12-21)23-19(26)13-18-16-5-1-2-6-17(16)20(27)25-24-18/h1-2,5-10H,3-4,11-13H2,(H,23,26)(H,25,27). The van der Waals surface area contributed by atoms with Crippen molar-refractivity contribution >= 4 is 16.7 Å². The number of fused-ring (bicyclic) bond motifs is 1. The smallest absolute Gasteiger partial charge is 0.272 e. The van der Waals surface area contributed by atoms with E-state index in [9.17, 15) is 14.0 Å². The van der Waals surface area contributed by atoms with Crippen molar-refractivity contribution in [3.8, 4) is 0 Å². The zero-order valence-electron chi connectivity index (χ0n) is 14.8. The summed E-state index contributed by atoms with van der Waals surface area (Å²) in [6, 6.07) is 13.5. The predicted octanol–water partition coefficient (Wildman–Crippen LogP) is 3.19. The Morgan fingerprint density at radius 1 is 1.07 bits per heavy atom. The van der Waals surface area contributed by atoms with E-state index >= 15 is 0 Å². The molecule has 1 aliphatic rings. The Hall–Kier alpha value is -3.02. The highest BCUT2D eigenvalue weighted by Crippen LogP contribution is 2.38. The molecule has 2 aromatic carbocycles. The van der Waals surface area contributed by atoms with Crippen LogP contribution in [0.3, 0.4) is 0 Å². The lowest BCUT2D eigenvalue weighted by Gasteiger charge is -2.31. The van der Waals surface area contributed by atoms with E-state index in [0.717, 1.165) is 31.2 Å². The van der Waals surface area contributed by atoms with Gasteiger partial charge in [0.1, 0.15) is 5.82 Å².